The molecule has 7 heteroatoms. The number of anilines is 3. The molecule has 0 fully saturated rings. The maximum Gasteiger partial charge on any atom is 0.222 e. The highest BCUT2D eigenvalue weighted by Crippen LogP contribution is 2.26. The van der Waals surface area contributed by atoms with E-state index in [9.17, 15) is 4.39 Å². The van der Waals surface area contributed by atoms with E-state index < -0.39 is 0 Å². The molecule has 0 amide bonds. The zero-order valence-corrected chi connectivity index (χ0v) is 11.3. The number of nitrogens with zero attached hydrogens (tertiary/aromatic N) is 2. The first kappa shape index (κ1) is 12.3. The zero-order chi connectivity index (χ0) is 12.4. The lowest BCUT2D eigenvalue weighted by Crippen LogP contribution is -2.01. The Morgan fingerprint density at radius 2 is 2.18 bits per heavy atom. The number of rotatable bonds is 2. The summed E-state index contributed by atoms with van der Waals surface area (Å²) in [5.41, 5.74) is 6.16. The van der Waals surface area contributed by atoms with Gasteiger partial charge in [-0.25, -0.2) is 9.37 Å². The van der Waals surface area contributed by atoms with Crippen LogP contribution in [0.15, 0.2) is 24.4 Å². The van der Waals surface area contributed by atoms with Crippen molar-refractivity contribution in [2.75, 3.05) is 11.1 Å². The maximum absolute atomic E-state index is 12.9. The molecule has 0 saturated heterocycles. The Hall–Kier alpha value is -1.15. The Morgan fingerprint density at radius 3 is 2.88 bits per heavy atom. The summed E-state index contributed by atoms with van der Waals surface area (Å²) in [6, 6.07) is 4.36. The quantitative estimate of drug-likeness (QED) is 0.803. The molecule has 0 unspecified atom stereocenters. The number of benzene rings is 1. The second-order valence-corrected chi connectivity index (χ2v) is 4.74. The molecule has 17 heavy (non-hydrogen) atoms. The van der Waals surface area contributed by atoms with E-state index in [-0.39, 0.29) is 11.8 Å². The summed E-state index contributed by atoms with van der Waals surface area (Å²) < 4.78 is 13.6. The van der Waals surface area contributed by atoms with Crippen LogP contribution in [0.3, 0.4) is 0 Å². The van der Waals surface area contributed by atoms with Crippen LogP contribution >= 0.6 is 34.2 Å². The van der Waals surface area contributed by atoms with E-state index in [1.807, 2.05) is 22.6 Å². The minimum atomic E-state index is -0.298. The number of nitrogen functional groups attached to an aromatic ring is 1. The molecule has 2 rings (SSSR count). The van der Waals surface area contributed by atoms with E-state index in [0.29, 0.717) is 16.5 Å². The minimum absolute atomic E-state index is 0.119. The van der Waals surface area contributed by atoms with E-state index >= 15 is 0 Å². The van der Waals surface area contributed by atoms with Gasteiger partial charge in [0.25, 0.3) is 0 Å². The van der Waals surface area contributed by atoms with Crippen LogP contribution in [-0.2, 0) is 0 Å². The van der Waals surface area contributed by atoms with Crippen molar-refractivity contribution in [2.45, 2.75) is 0 Å². The lowest BCUT2D eigenvalue weighted by atomic mass is 10.3. The van der Waals surface area contributed by atoms with E-state index in [4.69, 9.17) is 17.3 Å². The van der Waals surface area contributed by atoms with Crippen molar-refractivity contribution in [1.82, 2.24) is 9.97 Å². The van der Waals surface area contributed by atoms with Crippen molar-refractivity contribution in [1.29, 1.82) is 0 Å². The van der Waals surface area contributed by atoms with Crippen molar-refractivity contribution in [3.8, 4) is 0 Å². The molecule has 1 heterocycles. The third-order valence-electron chi connectivity index (χ3n) is 1.95. The van der Waals surface area contributed by atoms with Crippen molar-refractivity contribution in [3.05, 3.63) is 38.8 Å². The molecule has 1 aromatic heterocycles. The zero-order valence-electron chi connectivity index (χ0n) is 8.42. The summed E-state index contributed by atoms with van der Waals surface area (Å²) in [5.74, 6) is 0.214. The molecule has 0 aliphatic heterocycles. The Kier molecular flexibility index (Phi) is 3.63. The van der Waals surface area contributed by atoms with Gasteiger partial charge in [-0.1, -0.05) is 11.6 Å². The molecular formula is C10H7ClFIN4. The van der Waals surface area contributed by atoms with Crippen molar-refractivity contribution >= 4 is 51.6 Å². The number of aromatic nitrogens is 2. The Bertz CT molecular complexity index is 564. The normalized spacial score (nSPS) is 10.3. The van der Waals surface area contributed by atoms with Gasteiger partial charge in [0.2, 0.25) is 5.95 Å². The van der Waals surface area contributed by atoms with Gasteiger partial charge in [-0.15, -0.1) is 0 Å². The van der Waals surface area contributed by atoms with E-state index in [1.165, 1.54) is 18.3 Å². The molecular weight excluding hydrogens is 357 g/mol. The van der Waals surface area contributed by atoms with Crippen LogP contribution in [-0.4, -0.2) is 9.97 Å². The lowest BCUT2D eigenvalue weighted by Gasteiger charge is -2.09. The summed E-state index contributed by atoms with van der Waals surface area (Å²) in [6.45, 7) is 0. The molecule has 0 bridgehead atoms. The number of hydrogen-bond donors (Lipinski definition) is 2. The van der Waals surface area contributed by atoms with Gasteiger partial charge < -0.3 is 11.1 Å². The average molecular weight is 365 g/mol. The second-order valence-electron chi connectivity index (χ2n) is 3.17. The first-order chi connectivity index (χ1) is 8.06. The fraction of sp³-hybridized carbons (Fsp3) is 0. The molecule has 2 aromatic rings. The highest BCUT2D eigenvalue weighted by Gasteiger charge is 2.07. The molecule has 0 saturated carbocycles. The first-order valence-corrected chi connectivity index (χ1v) is 6.02. The highest BCUT2D eigenvalue weighted by atomic mass is 127. The number of nitrogens with one attached hydrogen (secondary N) is 1. The largest absolute Gasteiger partial charge is 0.368 e. The summed E-state index contributed by atoms with van der Waals surface area (Å²) >= 11 is 7.92. The highest BCUT2D eigenvalue weighted by molar-refractivity contribution is 14.1. The van der Waals surface area contributed by atoms with Gasteiger partial charge in [0, 0.05) is 3.57 Å². The molecule has 0 atom stereocenters. The molecule has 1 aromatic carbocycles. The average Bonchev–Trinajstić information content (AvgIpc) is 2.27. The van der Waals surface area contributed by atoms with Crippen LogP contribution in [0, 0.1) is 9.39 Å². The van der Waals surface area contributed by atoms with Gasteiger partial charge in [0.1, 0.15) is 10.8 Å². The van der Waals surface area contributed by atoms with Crippen LogP contribution in [0.4, 0.5) is 21.8 Å². The Morgan fingerprint density at radius 1 is 1.41 bits per heavy atom. The summed E-state index contributed by atoms with van der Waals surface area (Å²) in [5, 5.41) is 3.32. The van der Waals surface area contributed by atoms with Gasteiger partial charge >= 0.3 is 0 Å². The fourth-order valence-corrected chi connectivity index (χ4v) is 1.94. The first-order valence-electron chi connectivity index (χ1n) is 4.56. The number of halogens is 3. The smallest absolute Gasteiger partial charge is 0.222 e. The second kappa shape index (κ2) is 5.01. The Labute approximate surface area is 116 Å². The topological polar surface area (TPSA) is 63.8 Å². The number of hydrogen-bond acceptors (Lipinski definition) is 4. The monoisotopic (exact) mass is 364 g/mol. The maximum atomic E-state index is 12.9. The van der Waals surface area contributed by atoms with E-state index in [2.05, 4.69) is 15.3 Å². The Balaban J connectivity index is 2.34. The van der Waals surface area contributed by atoms with Gasteiger partial charge in [-0.2, -0.15) is 4.98 Å². The molecule has 3 N–H and O–H groups in total. The molecule has 88 valence electrons. The molecule has 0 aliphatic rings. The molecule has 0 radical (unpaired) electrons. The van der Waals surface area contributed by atoms with Crippen LogP contribution < -0.4 is 11.1 Å². The van der Waals surface area contributed by atoms with Crippen LogP contribution in [0.5, 0.6) is 0 Å². The predicted octanol–water partition coefficient (Wildman–Crippen LogP) is 3.20. The fourth-order valence-electron chi connectivity index (χ4n) is 1.19. The third-order valence-corrected chi connectivity index (χ3v) is 3.12. The number of nitrogens with two attached hydrogens (primary N) is 1. The SMILES string of the molecule is Nc1ncc(Cl)c(Nc2ccc(F)cc2I)n1. The summed E-state index contributed by atoms with van der Waals surface area (Å²) in [7, 11) is 0. The van der Waals surface area contributed by atoms with Gasteiger partial charge in [0.15, 0.2) is 5.82 Å². The van der Waals surface area contributed by atoms with Gasteiger partial charge in [0.05, 0.1) is 11.9 Å². The predicted molar refractivity (Wildman–Crippen MR) is 73.9 cm³/mol. The van der Waals surface area contributed by atoms with E-state index in [1.54, 1.807) is 6.07 Å². The van der Waals surface area contributed by atoms with Gasteiger partial charge in [-0.05, 0) is 40.8 Å². The molecule has 4 nitrogen and oxygen atoms in total. The summed E-state index contributed by atoms with van der Waals surface area (Å²) in [4.78, 5) is 7.71. The van der Waals surface area contributed by atoms with Crippen molar-refractivity contribution in [3.63, 3.8) is 0 Å². The minimum Gasteiger partial charge on any atom is -0.368 e. The van der Waals surface area contributed by atoms with E-state index in [0.717, 1.165) is 3.57 Å². The van der Waals surface area contributed by atoms with Gasteiger partial charge in [-0.3, -0.25) is 0 Å². The summed E-state index contributed by atoms with van der Waals surface area (Å²) in [6.07, 6.45) is 1.41. The lowest BCUT2D eigenvalue weighted by molar-refractivity contribution is 0.627. The molecule has 0 aliphatic carbocycles. The van der Waals surface area contributed by atoms with Crippen LogP contribution in [0.25, 0.3) is 0 Å². The third kappa shape index (κ3) is 2.95. The molecule has 0 spiro atoms. The standard InChI is InChI=1S/C10H7ClFIN4/c11-6-4-15-10(14)17-9(6)16-8-2-1-5(12)3-7(8)13/h1-4H,(H3,14,15,16,17). The van der Waals surface area contributed by atoms with Crippen molar-refractivity contribution < 1.29 is 4.39 Å². The van der Waals surface area contributed by atoms with Crippen LogP contribution in [0.1, 0.15) is 0 Å². The van der Waals surface area contributed by atoms with Crippen molar-refractivity contribution in [2.24, 2.45) is 0 Å². The van der Waals surface area contributed by atoms with Crippen LogP contribution in [0.2, 0.25) is 5.02 Å².